The molecule has 0 saturated carbocycles. The fraction of sp³-hybridized carbons (Fsp3) is 0.200. The lowest BCUT2D eigenvalue weighted by Crippen LogP contribution is -2.20. The number of para-hydroxylation sites is 1. The van der Waals surface area contributed by atoms with Crippen molar-refractivity contribution in [3.63, 3.8) is 0 Å². The summed E-state index contributed by atoms with van der Waals surface area (Å²) >= 11 is 0. The summed E-state index contributed by atoms with van der Waals surface area (Å²) in [6.07, 6.45) is 1.77. The second-order valence-corrected chi connectivity index (χ2v) is 2.42. The van der Waals surface area contributed by atoms with Crippen LogP contribution in [0.15, 0.2) is 35.3 Å². The van der Waals surface area contributed by atoms with Crippen LogP contribution in [0.5, 0.6) is 0 Å². The van der Waals surface area contributed by atoms with Crippen molar-refractivity contribution in [3.05, 3.63) is 30.3 Å². The molecule has 72 valence electrons. The van der Waals surface area contributed by atoms with Crippen molar-refractivity contribution < 1.29 is 4.74 Å². The lowest BCUT2D eigenvalue weighted by Gasteiger charge is -2.03. The third-order valence-electron chi connectivity index (χ3n) is 1.43. The molecule has 0 amide bonds. The first-order valence-electron chi connectivity index (χ1n) is 4.28. The van der Waals surface area contributed by atoms with E-state index in [9.17, 15) is 0 Å². The summed E-state index contributed by atoms with van der Waals surface area (Å²) in [5.74, 6) is 0. The van der Waals surface area contributed by atoms with Crippen molar-refractivity contribution in [1.82, 2.24) is 5.32 Å². The van der Waals surface area contributed by atoms with Crippen molar-refractivity contribution in [3.8, 4) is 6.19 Å². The highest BCUT2D eigenvalue weighted by Gasteiger charge is 1.97. The van der Waals surface area contributed by atoms with Gasteiger partial charge in [0, 0.05) is 0 Å². The van der Waals surface area contributed by atoms with E-state index in [1.807, 2.05) is 37.3 Å². The van der Waals surface area contributed by atoms with Gasteiger partial charge in [0.25, 0.3) is 0 Å². The topological polar surface area (TPSA) is 57.4 Å². The number of nitrogens with one attached hydrogen (secondary N) is 1. The van der Waals surface area contributed by atoms with E-state index in [-0.39, 0.29) is 6.02 Å². The molecule has 1 rings (SSSR count). The molecule has 0 aliphatic carbocycles. The molecule has 0 aliphatic rings. The molecule has 0 radical (unpaired) electrons. The van der Waals surface area contributed by atoms with Gasteiger partial charge in [-0.3, -0.25) is 0 Å². The molecule has 4 nitrogen and oxygen atoms in total. The number of rotatable bonds is 2. The quantitative estimate of drug-likeness (QED) is 0.334. The molecule has 0 spiro atoms. The Balaban J connectivity index is 2.77. The van der Waals surface area contributed by atoms with Gasteiger partial charge in [-0.1, -0.05) is 18.2 Å². The number of nitrogens with zero attached hydrogens (tertiary/aromatic N) is 2. The lowest BCUT2D eigenvalue weighted by atomic mass is 10.3. The molecule has 4 heteroatoms. The van der Waals surface area contributed by atoms with Crippen molar-refractivity contribution in [2.45, 2.75) is 6.92 Å². The van der Waals surface area contributed by atoms with Crippen LogP contribution in [-0.2, 0) is 4.74 Å². The predicted molar refractivity (Wildman–Crippen MR) is 53.9 cm³/mol. The Hall–Kier alpha value is -2.02. The molecule has 1 N–H and O–H groups in total. The zero-order valence-corrected chi connectivity index (χ0v) is 7.90. The smallest absolute Gasteiger partial charge is 0.303 e. The third kappa shape index (κ3) is 3.15. The highest BCUT2D eigenvalue weighted by Crippen LogP contribution is 2.09. The van der Waals surface area contributed by atoms with Crippen molar-refractivity contribution in [2.75, 3.05) is 6.61 Å². The average molecular weight is 189 g/mol. The van der Waals surface area contributed by atoms with E-state index in [1.165, 1.54) is 0 Å². The van der Waals surface area contributed by atoms with E-state index in [4.69, 9.17) is 10.00 Å². The van der Waals surface area contributed by atoms with Gasteiger partial charge in [-0.2, -0.15) is 10.3 Å². The van der Waals surface area contributed by atoms with Gasteiger partial charge < -0.3 is 4.74 Å². The van der Waals surface area contributed by atoms with Crippen LogP contribution >= 0.6 is 0 Å². The zero-order valence-electron chi connectivity index (χ0n) is 7.90. The van der Waals surface area contributed by atoms with Crippen LogP contribution in [0.1, 0.15) is 6.92 Å². The van der Waals surface area contributed by atoms with Crippen LogP contribution in [0.2, 0.25) is 0 Å². The Labute approximate surface area is 82.8 Å². The SMILES string of the molecule is CCOC(=Nc1ccccc1)NC#N. The monoisotopic (exact) mass is 189 g/mol. The number of hydrogen-bond donors (Lipinski definition) is 1. The Morgan fingerprint density at radius 1 is 1.50 bits per heavy atom. The van der Waals surface area contributed by atoms with Gasteiger partial charge >= 0.3 is 6.02 Å². The molecule has 1 aromatic carbocycles. The molecule has 0 saturated heterocycles. The second kappa shape index (κ2) is 5.60. The van der Waals surface area contributed by atoms with Crippen molar-refractivity contribution >= 4 is 11.7 Å². The van der Waals surface area contributed by atoms with E-state index < -0.39 is 0 Å². The number of amidine groups is 1. The highest BCUT2D eigenvalue weighted by molar-refractivity contribution is 5.78. The number of hydrogen-bond acceptors (Lipinski definition) is 3. The van der Waals surface area contributed by atoms with Gasteiger partial charge in [-0.25, -0.2) is 5.32 Å². The maximum absolute atomic E-state index is 8.42. The minimum Gasteiger partial charge on any atom is -0.465 e. The first-order chi connectivity index (χ1) is 6.86. The molecule has 14 heavy (non-hydrogen) atoms. The van der Waals surface area contributed by atoms with Crippen LogP contribution in [0.3, 0.4) is 0 Å². The predicted octanol–water partition coefficient (Wildman–Crippen LogP) is 1.78. The molecule has 0 atom stereocenters. The van der Waals surface area contributed by atoms with E-state index >= 15 is 0 Å². The molecular weight excluding hydrogens is 178 g/mol. The maximum Gasteiger partial charge on any atom is 0.303 e. The Morgan fingerprint density at radius 3 is 2.79 bits per heavy atom. The molecule has 1 aromatic rings. The van der Waals surface area contributed by atoms with Crippen LogP contribution in [0, 0.1) is 11.5 Å². The van der Waals surface area contributed by atoms with Crippen LogP contribution in [0.4, 0.5) is 5.69 Å². The molecular formula is C10H11N3O. The maximum atomic E-state index is 8.42. The van der Waals surface area contributed by atoms with Crippen LogP contribution in [0.25, 0.3) is 0 Å². The number of benzene rings is 1. The van der Waals surface area contributed by atoms with E-state index in [0.29, 0.717) is 6.61 Å². The normalized spacial score (nSPS) is 10.4. The van der Waals surface area contributed by atoms with Gasteiger partial charge in [0.2, 0.25) is 0 Å². The fourth-order valence-electron chi connectivity index (χ4n) is 0.901. The third-order valence-corrected chi connectivity index (χ3v) is 1.43. The van der Waals surface area contributed by atoms with Gasteiger partial charge in [-0.15, -0.1) is 0 Å². The second-order valence-electron chi connectivity index (χ2n) is 2.42. The molecule has 0 unspecified atom stereocenters. The van der Waals surface area contributed by atoms with Crippen molar-refractivity contribution in [2.24, 2.45) is 4.99 Å². The number of nitriles is 1. The van der Waals surface area contributed by atoms with Gasteiger partial charge in [0.15, 0.2) is 6.19 Å². The van der Waals surface area contributed by atoms with Crippen LogP contribution in [-0.4, -0.2) is 12.6 Å². The van der Waals surface area contributed by atoms with Crippen LogP contribution < -0.4 is 5.32 Å². The van der Waals surface area contributed by atoms with E-state index in [0.717, 1.165) is 5.69 Å². The van der Waals surface area contributed by atoms with E-state index in [2.05, 4.69) is 10.3 Å². The summed E-state index contributed by atoms with van der Waals surface area (Å²) in [6, 6.07) is 9.53. The summed E-state index contributed by atoms with van der Waals surface area (Å²) in [7, 11) is 0. The standard InChI is InChI=1S/C10H11N3O/c1-2-14-10(12-8-11)13-9-6-4-3-5-7-9/h3-7H,2H2,1H3,(H,12,13). The Bertz CT molecular complexity index is 340. The summed E-state index contributed by atoms with van der Waals surface area (Å²) in [5.41, 5.74) is 0.749. The Kier molecular flexibility index (Phi) is 4.02. The molecule has 0 aromatic heterocycles. The lowest BCUT2D eigenvalue weighted by molar-refractivity contribution is 0.316. The highest BCUT2D eigenvalue weighted by atomic mass is 16.5. The molecule has 0 fully saturated rings. The van der Waals surface area contributed by atoms with E-state index in [1.54, 1.807) is 6.19 Å². The Morgan fingerprint density at radius 2 is 2.21 bits per heavy atom. The molecule has 0 heterocycles. The first-order valence-corrected chi connectivity index (χ1v) is 4.28. The first kappa shape index (κ1) is 10.1. The minimum absolute atomic E-state index is 0.223. The summed E-state index contributed by atoms with van der Waals surface area (Å²) < 4.78 is 5.10. The van der Waals surface area contributed by atoms with Crippen molar-refractivity contribution in [1.29, 1.82) is 5.26 Å². The molecule has 0 bridgehead atoms. The molecule has 0 aliphatic heterocycles. The fourth-order valence-corrected chi connectivity index (χ4v) is 0.901. The number of aliphatic imine (C=N–C) groups is 1. The van der Waals surface area contributed by atoms with Gasteiger partial charge in [0.05, 0.1) is 12.3 Å². The van der Waals surface area contributed by atoms with Gasteiger partial charge in [0.1, 0.15) is 0 Å². The zero-order chi connectivity index (χ0) is 10.2. The summed E-state index contributed by atoms with van der Waals surface area (Å²) in [5, 5.41) is 10.8. The minimum atomic E-state index is 0.223. The number of ether oxygens (including phenoxy) is 1. The average Bonchev–Trinajstić information content (AvgIpc) is 2.20. The largest absolute Gasteiger partial charge is 0.465 e. The summed E-state index contributed by atoms with van der Waals surface area (Å²) in [6.45, 7) is 2.31. The summed E-state index contributed by atoms with van der Waals surface area (Å²) in [4.78, 5) is 4.10. The van der Waals surface area contributed by atoms with Gasteiger partial charge in [-0.05, 0) is 19.1 Å².